The number of hydrogen-bond donors (Lipinski definition) is 0. The van der Waals surface area contributed by atoms with E-state index in [1.807, 2.05) is 0 Å². The van der Waals surface area contributed by atoms with Crippen molar-refractivity contribution in [1.82, 2.24) is 0 Å². The molecule has 0 bridgehead atoms. The van der Waals surface area contributed by atoms with Crippen LogP contribution in [0.2, 0.25) is 6.04 Å². The molecule has 0 spiro atoms. The minimum atomic E-state index is -2.39. The second-order valence-electron chi connectivity index (χ2n) is 4.20. The van der Waals surface area contributed by atoms with Gasteiger partial charge in [-0.05, 0) is 18.8 Å². The van der Waals surface area contributed by atoms with Gasteiger partial charge in [-0.25, -0.2) is 0 Å². The zero-order valence-corrected chi connectivity index (χ0v) is 11.8. The Morgan fingerprint density at radius 3 is 2.12 bits per heavy atom. The Bertz CT molecular complexity index is 184. The van der Waals surface area contributed by atoms with E-state index in [-0.39, 0.29) is 0 Å². The highest BCUT2D eigenvalue weighted by Crippen LogP contribution is 2.29. The summed E-state index contributed by atoms with van der Waals surface area (Å²) in [6.45, 7) is 3.13. The van der Waals surface area contributed by atoms with E-state index in [1.165, 1.54) is 6.42 Å². The number of hydrogen-bond acceptors (Lipinski definition) is 4. The van der Waals surface area contributed by atoms with Crippen LogP contribution in [0.25, 0.3) is 0 Å². The second kappa shape index (κ2) is 6.71. The van der Waals surface area contributed by atoms with E-state index >= 15 is 0 Å². The van der Waals surface area contributed by atoms with Crippen LogP contribution in [0.3, 0.4) is 0 Å². The standard InChI is InChI=1S/C11H24O4Si/c1-5-10(11-6-8-15-11)7-9-16(12-2,13-3)14-4/h10-11H,5-9H2,1-4H3. The van der Waals surface area contributed by atoms with Gasteiger partial charge in [0.25, 0.3) is 0 Å². The maximum Gasteiger partial charge on any atom is 0.500 e. The summed E-state index contributed by atoms with van der Waals surface area (Å²) in [7, 11) is 2.61. The van der Waals surface area contributed by atoms with Crippen LogP contribution in [-0.2, 0) is 18.0 Å². The predicted molar refractivity (Wildman–Crippen MR) is 64.3 cm³/mol. The van der Waals surface area contributed by atoms with E-state index in [0.717, 1.165) is 25.5 Å². The number of rotatable bonds is 8. The van der Waals surface area contributed by atoms with E-state index < -0.39 is 8.80 Å². The average molecular weight is 248 g/mol. The van der Waals surface area contributed by atoms with Gasteiger partial charge in [-0.2, -0.15) is 0 Å². The van der Waals surface area contributed by atoms with Crippen molar-refractivity contribution in [3.05, 3.63) is 0 Å². The molecule has 1 fully saturated rings. The third-order valence-electron chi connectivity index (χ3n) is 3.54. The first-order chi connectivity index (χ1) is 7.71. The summed E-state index contributed by atoms with van der Waals surface area (Å²) in [4.78, 5) is 0. The van der Waals surface area contributed by atoms with Gasteiger partial charge in [-0.3, -0.25) is 0 Å². The van der Waals surface area contributed by atoms with Gasteiger partial charge in [0.05, 0.1) is 6.10 Å². The van der Waals surface area contributed by atoms with Crippen LogP contribution in [0, 0.1) is 5.92 Å². The molecule has 96 valence electrons. The van der Waals surface area contributed by atoms with E-state index in [1.54, 1.807) is 21.3 Å². The third kappa shape index (κ3) is 3.27. The molecule has 4 nitrogen and oxygen atoms in total. The molecule has 2 unspecified atom stereocenters. The molecule has 0 saturated carbocycles. The molecule has 0 N–H and O–H groups in total. The molecule has 0 aromatic heterocycles. The Hall–Kier alpha value is 0.0569. The molecular formula is C11H24O4Si. The molecule has 2 atom stereocenters. The fourth-order valence-corrected chi connectivity index (χ4v) is 4.03. The summed E-state index contributed by atoms with van der Waals surface area (Å²) in [5, 5.41) is 0. The normalized spacial score (nSPS) is 22.9. The summed E-state index contributed by atoms with van der Waals surface area (Å²) in [5.74, 6) is 0.612. The van der Waals surface area contributed by atoms with E-state index in [2.05, 4.69) is 6.92 Å². The van der Waals surface area contributed by atoms with Gasteiger partial charge >= 0.3 is 8.80 Å². The van der Waals surface area contributed by atoms with Crippen LogP contribution in [0.15, 0.2) is 0 Å². The Morgan fingerprint density at radius 2 is 1.81 bits per heavy atom. The second-order valence-corrected chi connectivity index (χ2v) is 7.29. The van der Waals surface area contributed by atoms with Crippen LogP contribution in [0.5, 0.6) is 0 Å². The predicted octanol–water partition coefficient (Wildman–Crippen LogP) is 2.07. The van der Waals surface area contributed by atoms with E-state index in [9.17, 15) is 0 Å². The Labute approximate surface area is 99.6 Å². The smallest absolute Gasteiger partial charge is 0.378 e. The largest absolute Gasteiger partial charge is 0.500 e. The van der Waals surface area contributed by atoms with Crippen LogP contribution in [0.4, 0.5) is 0 Å². The quantitative estimate of drug-likeness (QED) is 0.616. The fourth-order valence-electron chi connectivity index (χ4n) is 2.20. The molecular weight excluding hydrogens is 224 g/mol. The SMILES string of the molecule is CCC(CC[Si](OC)(OC)OC)C1CCO1. The minimum Gasteiger partial charge on any atom is -0.378 e. The van der Waals surface area contributed by atoms with Crippen LogP contribution in [-0.4, -0.2) is 42.8 Å². The topological polar surface area (TPSA) is 36.9 Å². The monoisotopic (exact) mass is 248 g/mol. The zero-order chi connectivity index (χ0) is 12.0. The highest BCUT2D eigenvalue weighted by atomic mass is 28.4. The highest BCUT2D eigenvalue weighted by molar-refractivity contribution is 6.60. The molecule has 1 heterocycles. The maximum absolute atomic E-state index is 5.54. The molecule has 16 heavy (non-hydrogen) atoms. The molecule has 1 rings (SSSR count). The minimum absolute atomic E-state index is 0.447. The fraction of sp³-hybridized carbons (Fsp3) is 1.00. The summed E-state index contributed by atoms with van der Waals surface area (Å²) in [6.07, 6.45) is 3.84. The Balaban J connectivity index is 2.39. The Morgan fingerprint density at radius 1 is 1.25 bits per heavy atom. The number of ether oxygens (including phenoxy) is 1. The average Bonchev–Trinajstić information content (AvgIpc) is 2.27. The molecule has 1 aliphatic heterocycles. The maximum atomic E-state index is 5.54. The van der Waals surface area contributed by atoms with Gasteiger partial charge in [0, 0.05) is 34.0 Å². The van der Waals surface area contributed by atoms with Crippen LogP contribution >= 0.6 is 0 Å². The van der Waals surface area contributed by atoms with E-state index in [0.29, 0.717) is 12.0 Å². The molecule has 1 saturated heterocycles. The lowest BCUT2D eigenvalue weighted by Gasteiger charge is -2.35. The van der Waals surface area contributed by atoms with Gasteiger partial charge < -0.3 is 18.0 Å². The lowest BCUT2D eigenvalue weighted by molar-refractivity contribution is -0.0868. The molecule has 0 aromatic carbocycles. The summed E-state index contributed by atoms with van der Waals surface area (Å²) >= 11 is 0. The third-order valence-corrected chi connectivity index (χ3v) is 6.31. The van der Waals surface area contributed by atoms with Crippen molar-refractivity contribution in [2.45, 2.75) is 38.3 Å². The molecule has 0 amide bonds. The first kappa shape index (κ1) is 14.1. The lowest BCUT2D eigenvalue weighted by atomic mass is 9.92. The summed E-state index contributed by atoms with van der Waals surface area (Å²) in [5.41, 5.74) is 0. The molecule has 1 aliphatic rings. The van der Waals surface area contributed by atoms with Gasteiger partial charge in [0.1, 0.15) is 0 Å². The molecule has 5 heteroatoms. The summed E-state index contributed by atoms with van der Waals surface area (Å²) in [6, 6.07) is 0.870. The first-order valence-electron chi connectivity index (χ1n) is 5.98. The van der Waals surface area contributed by atoms with Crippen molar-refractivity contribution in [3.63, 3.8) is 0 Å². The van der Waals surface area contributed by atoms with Gasteiger partial charge in [0.15, 0.2) is 0 Å². The molecule has 0 aliphatic carbocycles. The molecule has 0 aromatic rings. The zero-order valence-electron chi connectivity index (χ0n) is 10.8. The van der Waals surface area contributed by atoms with Gasteiger partial charge in [-0.1, -0.05) is 13.3 Å². The summed E-state index contributed by atoms with van der Waals surface area (Å²) < 4.78 is 21.8. The van der Waals surface area contributed by atoms with Crippen molar-refractivity contribution >= 4 is 8.80 Å². The van der Waals surface area contributed by atoms with Crippen LogP contribution in [0.1, 0.15) is 26.2 Å². The lowest BCUT2D eigenvalue weighted by Crippen LogP contribution is -2.44. The van der Waals surface area contributed by atoms with Crippen molar-refractivity contribution in [1.29, 1.82) is 0 Å². The van der Waals surface area contributed by atoms with Gasteiger partial charge in [-0.15, -0.1) is 0 Å². The van der Waals surface area contributed by atoms with Gasteiger partial charge in [0.2, 0.25) is 0 Å². The van der Waals surface area contributed by atoms with Crippen LogP contribution < -0.4 is 0 Å². The van der Waals surface area contributed by atoms with Crippen molar-refractivity contribution < 1.29 is 18.0 Å². The Kier molecular flexibility index (Phi) is 5.92. The van der Waals surface area contributed by atoms with Crippen molar-refractivity contribution in [3.8, 4) is 0 Å². The highest BCUT2D eigenvalue weighted by Gasteiger charge is 2.39. The first-order valence-corrected chi connectivity index (χ1v) is 7.91. The molecule has 0 radical (unpaired) electrons. The van der Waals surface area contributed by atoms with Crippen molar-refractivity contribution in [2.75, 3.05) is 27.9 Å². The van der Waals surface area contributed by atoms with E-state index in [4.69, 9.17) is 18.0 Å². The van der Waals surface area contributed by atoms with Crippen molar-refractivity contribution in [2.24, 2.45) is 5.92 Å².